The van der Waals surface area contributed by atoms with Gasteiger partial charge in [0.2, 0.25) is 0 Å². The molecule has 0 saturated heterocycles. The van der Waals surface area contributed by atoms with Gasteiger partial charge in [-0.25, -0.2) is 0 Å². The van der Waals surface area contributed by atoms with Gasteiger partial charge in [-0.05, 0) is 25.8 Å². The highest BCUT2D eigenvalue weighted by molar-refractivity contribution is 5.25. The predicted molar refractivity (Wildman–Crippen MR) is 37.5 cm³/mol. The molecule has 48 valence electrons. The van der Waals surface area contributed by atoms with Crippen molar-refractivity contribution in [2.24, 2.45) is 0 Å². The fourth-order valence-electron chi connectivity index (χ4n) is 0.342. The first-order valence-corrected chi connectivity index (χ1v) is 2.72. The highest BCUT2D eigenvalue weighted by Gasteiger charge is 1.78. The number of hydrogen-bond acceptors (Lipinski definition) is 0. The van der Waals surface area contributed by atoms with Gasteiger partial charge in [0.15, 0.2) is 5.83 Å². The molecule has 0 heterocycles. The molecular weight excluding hydrogens is 115 g/mol. The van der Waals surface area contributed by atoms with Crippen molar-refractivity contribution in [3.63, 3.8) is 0 Å². The molecule has 0 aromatic carbocycles. The Kier molecular flexibility index (Phi) is 4.53. The van der Waals surface area contributed by atoms with Gasteiger partial charge in [0.25, 0.3) is 0 Å². The minimum absolute atomic E-state index is 0.393. The molecule has 0 rings (SSSR count). The molecule has 0 aromatic heterocycles. The predicted octanol–water partition coefficient (Wildman–Crippen LogP) is 2.44. The molecule has 0 aliphatic heterocycles. The van der Waals surface area contributed by atoms with Crippen LogP contribution >= 0.6 is 0 Å². The Morgan fingerprint density at radius 2 is 2.22 bits per heavy atom. The van der Waals surface area contributed by atoms with E-state index in [4.69, 9.17) is 0 Å². The van der Waals surface area contributed by atoms with Gasteiger partial charge in [0, 0.05) is 0 Å². The van der Waals surface area contributed by atoms with Crippen molar-refractivity contribution in [3.8, 4) is 11.8 Å². The Morgan fingerprint density at radius 3 is 2.67 bits per heavy atom. The molecule has 0 atom stereocenters. The van der Waals surface area contributed by atoms with Crippen LogP contribution in [0.15, 0.2) is 24.1 Å². The minimum atomic E-state index is -0.393. The molecule has 0 saturated carbocycles. The summed E-state index contributed by atoms with van der Waals surface area (Å²) in [7, 11) is 0. The van der Waals surface area contributed by atoms with E-state index in [1.54, 1.807) is 19.1 Å². The second kappa shape index (κ2) is 5.11. The maximum atomic E-state index is 12.2. The fourth-order valence-corrected chi connectivity index (χ4v) is 0.342. The molecule has 0 aliphatic carbocycles. The maximum Gasteiger partial charge on any atom is 0.173 e. The number of rotatable bonds is 1. The number of allylic oxidation sites excluding steroid dienone is 4. The summed E-state index contributed by atoms with van der Waals surface area (Å²) >= 11 is 0. The molecule has 0 bridgehead atoms. The Morgan fingerprint density at radius 1 is 1.56 bits per heavy atom. The monoisotopic (exact) mass is 124 g/mol. The lowest BCUT2D eigenvalue weighted by Gasteiger charge is -1.74. The van der Waals surface area contributed by atoms with Crippen molar-refractivity contribution in [2.75, 3.05) is 0 Å². The van der Waals surface area contributed by atoms with E-state index >= 15 is 0 Å². The Hall–Kier alpha value is -1.03. The lowest BCUT2D eigenvalue weighted by Crippen LogP contribution is -1.61. The van der Waals surface area contributed by atoms with E-state index < -0.39 is 5.83 Å². The Labute approximate surface area is 55.1 Å². The standard InChI is InChI=1S/C8H9F/c1-3-5-7-8(9)6-4-2/h3,5,7H,1-2H3/b5-3-,8-7+. The molecule has 0 fully saturated rings. The second-order valence-corrected chi connectivity index (χ2v) is 1.42. The topological polar surface area (TPSA) is 0 Å². The highest BCUT2D eigenvalue weighted by Crippen LogP contribution is 1.92. The van der Waals surface area contributed by atoms with Crippen molar-refractivity contribution in [1.29, 1.82) is 0 Å². The summed E-state index contributed by atoms with van der Waals surface area (Å²) in [6, 6.07) is 0. The van der Waals surface area contributed by atoms with Crippen LogP contribution in [0.25, 0.3) is 0 Å². The third kappa shape index (κ3) is 4.83. The van der Waals surface area contributed by atoms with Crippen molar-refractivity contribution in [3.05, 3.63) is 24.1 Å². The van der Waals surface area contributed by atoms with Crippen molar-refractivity contribution in [2.45, 2.75) is 13.8 Å². The lowest BCUT2D eigenvalue weighted by atomic mass is 10.4. The smallest absolute Gasteiger partial charge is 0.173 e. The van der Waals surface area contributed by atoms with E-state index in [1.807, 2.05) is 6.92 Å². The SMILES string of the molecule is CC#C/C(F)=C\C=C/C. The van der Waals surface area contributed by atoms with Gasteiger partial charge in [-0.15, -0.1) is 0 Å². The third-order valence-electron chi connectivity index (χ3n) is 0.679. The van der Waals surface area contributed by atoms with Crippen molar-refractivity contribution < 1.29 is 4.39 Å². The second-order valence-electron chi connectivity index (χ2n) is 1.42. The van der Waals surface area contributed by atoms with Crippen LogP contribution in [-0.4, -0.2) is 0 Å². The summed E-state index contributed by atoms with van der Waals surface area (Å²) in [5.41, 5.74) is 0. The third-order valence-corrected chi connectivity index (χ3v) is 0.679. The summed E-state index contributed by atoms with van der Waals surface area (Å²) in [4.78, 5) is 0. The van der Waals surface area contributed by atoms with Gasteiger partial charge in [0.05, 0.1) is 0 Å². The van der Waals surface area contributed by atoms with Crippen molar-refractivity contribution >= 4 is 0 Å². The fraction of sp³-hybridized carbons (Fsp3) is 0.250. The number of hydrogen-bond donors (Lipinski definition) is 0. The Balaban J connectivity index is 3.94. The maximum absolute atomic E-state index is 12.2. The van der Waals surface area contributed by atoms with Crippen LogP contribution in [0, 0.1) is 11.8 Å². The van der Waals surface area contributed by atoms with Crippen LogP contribution < -0.4 is 0 Å². The van der Waals surface area contributed by atoms with Crippen molar-refractivity contribution in [1.82, 2.24) is 0 Å². The van der Waals surface area contributed by atoms with Crippen LogP contribution in [0.4, 0.5) is 4.39 Å². The Bertz CT molecular complexity index is 176. The summed E-state index contributed by atoms with van der Waals surface area (Å²) in [5.74, 6) is 4.33. The van der Waals surface area contributed by atoms with E-state index in [9.17, 15) is 4.39 Å². The average Bonchev–Trinajstić information content (AvgIpc) is 1.85. The van der Waals surface area contributed by atoms with Gasteiger partial charge in [0.1, 0.15) is 0 Å². The summed E-state index contributed by atoms with van der Waals surface area (Å²) in [6.45, 7) is 3.42. The van der Waals surface area contributed by atoms with Crippen LogP contribution in [0.2, 0.25) is 0 Å². The van der Waals surface area contributed by atoms with Gasteiger partial charge in [-0.3, -0.25) is 0 Å². The minimum Gasteiger partial charge on any atom is -0.197 e. The van der Waals surface area contributed by atoms with Gasteiger partial charge >= 0.3 is 0 Å². The molecule has 1 heteroatoms. The molecule has 0 aromatic rings. The zero-order valence-corrected chi connectivity index (χ0v) is 5.61. The summed E-state index contributed by atoms with van der Waals surface area (Å²) in [5, 5.41) is 0. The van der Waals surface area contributed by atoms with Crippen LogP contribution in [0.5, 0.6) is 0 Å². The van der Waals surface area contributed by atoms with Crippen LogP contribution in [0.3, 0.4) is 0 Å². The lowest BCUT2D eigenvalue weighted by molar-refractivity contribution is 0.676. The largest absolute Gasteiger partial charge is 0.197 e. The van der Waals surface area contributed by atoms with Crippen LogP contribution in [0.1, 0.15) is 13.8 Å². The molecule has 0 amide bonds. The first-order chi connectivity index (χ1) is 4.31. The highest BCUT2D eigenvalue weighted by atomic mass is 19.1. The molecular formula is C8H9F. The summed E-state index contributed by atoms with van der Waals surface area (Å²) < 4.78 is 12.2. The van der Waals surface area contributed by atoms with Gasteiger partial charge in [-0.1, -0.05) is 18.1 Å². The van der Waals surface area contributed by atoms with E-state index in [0.717, 1.165) is 0 Å². The normalized spacial score (nSPS) is 11.2. The van der Waals surface area contributed by atoms with E-state index in [0.29, 0.717) is 0 Å². The van der Waals surface area contributed by atoms with Gasteiger partial charge in [-0.2, -0.15) is 4.39 Å². The zero-order valence-electron chi connectivity index (χ0n) is 5.61. The van der Waals surface area contributed by atoms with Crippen LogP contribution in [-0.2, 0) is 0 Å². The van der Waals surface area contributed by atoms with E-state index in [1.165, 1.54) is 6.08 Å². The number of halogens is 1. The average molecular weight is 124 g/mol. The van der Waals surface area contributed by atoms with E-state index in [-0.39, 0.29) is 0 Å². The molecule has 0 N–H and O–H groups in total. The van der Waals surface area contributed by atoms with Gasteiger partial charge < -0.3 is 0 Å². The van der Waals surface area contributed by atoms with E-state index in [2.05, 4.69) is 11.8 Å². The molecule has 0 unspecified atom stereocenters. The molecule has 0 nitrogen and oxygen atoms in total. The first-order valence-electron chi connectivity index (χ1n) is 2.72. The molecule has 0 spiro atoms. The molecule has 0 radical (unpaired) electrons. The quantitative estimate of drug-likeness (QED) is 0.372. The zero-order chi connectivity index (χ0) is 7.11. The molecule has 0 aliphatic rings. The first kappa shape index (κ1) is 7.97. The summed E-state index contributed by atoms with van der Waals surface area (Å²) in [6.07, 6.45) is 4.69. The molecule has 9 heavy (non-hydrogen) atoms.